The summed E-state index contributed by atoms with van der Waals surface area (Å²) in [6.07, 6.45) is 4.04. The molecule has 2 saturated heterocycles. The van der Waals surface area contributed by atoms with E-state index < -0.39 is 15.9 Å². The van der Waals surface area contributed by atoms with Gasteiger partial charge in [0, 0.05) is 27.9 Å². The Hall–Kier alpha value is -3.44. The lowest BCUT2D eigenvalue weighted by molar-refractivity contribution is -0.123. The number of thioether (sulfide) groups is 1. The number of hydrogen-bond acceptors (Lipinski definition) is 7. The van der Waals surface area contributed by atoms with Crippen LogP contribution >= 0.6 is 35.6 Å². The van der Waals surface area contributed by atoms with Gasteiger partial charge in [-0.15, -0.1) is 0 Å². The number of carbonyl (C=O) groups excluding carboxylic acids is 1. The van der Waals surface area contributed by atoms with Gasteiger partial charge >= 0.3 is 0 Å². The van der Waals surface area contributed by atoms with Crippen molar-refractivity contribution in [1.82, 2.24) is 14.7 Å². The highest BCUT2D eigenvalue weighted by Gasteiger charge is 2.42. The highest BCUT2D eigenvalue weighted by molar-refractivity contribution is 8.26. The molecule has 1 aromatic heterocycles. The molecule has 0 aliphatic carbocycles. The summed E-state index contributed by atoms with van der Waals surface area (Å²) >= 11 is 13.0. The van der Waals surface area contributed by atoms with Crippen LogP contribution in [0.1, 0.15) is 17.5 Å². The van der Waals surface area contributed by atoms with Gasteiger partial charge in [0.2, 0.25) is 0 Å². The minimum absolute atomic E-state index is 0.0646. The van der Waals surface area contributed by atoms with Gasteiger partial charge in [-0.25, -0.2) is 13.1 Å². The third-order valence-corrected chi connectivity index (χ3v) is 10.4. The largest absolute Gasteiger partial charge is 0.489 e. The van der Waals surface area contributed by atoms with Gasteiger partial charge < -0.3 is 4.74 Å². The van der Waals surface area contributed by atoms with Crippen LogP contribution in [0, 0.1) is 0 Å². The van der Waals surface area contributed by atoms with Crippen molar-refractivity contribution in [2.45, 2.75) is 19.1 Å². The SMILES string of the molecule is O=C1/C(=C/c2cn(-c3ccccc3)nc2-c2cccc(OCc3ccccc3Cl)c2)SC(=S)N1C1CCS(=O)(=O)C1. The van der Waals surface area contributed by atoms with Crippen molar-refractivity contribution in [3.63, 3.8) is 0 Å². The van der Waals surface area contributed by atoms with Crippen molar-refractivity contribution in [1.29, 1.82) is 0 Å². The molecule has 0 bridgehead atoms. The molecule has 6 rings (SSSR count). The van der Waals surface area contributed by atoms with Gasteiger partial charge in [0.25, 0.3) is 5.91 Å². The first kappa shape index (κ1) is 27.7. The van der Waals surface area contributed by atoms with Gasteiger partial charge in [0.05, 0.1) is 28.1 Å². The van der Waals surface area contributed by atoms with Crippen LogP contribution in [0.5, 0.6) is 5.75 Å². The molecule has 1 atom stereocenters. The molecule has 11 heteroatoms. The zero-order valence-corrected chi connectivity index (χ0v) is 24.8. The first-order valence-corrected chi connectivity index (χ1v) is 16.3. The normalized spacial score (nSPS) is 19.3. The van der Waals surface area contributed by atoms with Crippen molar-refractivity contribution < 1.29 is 17.9 Å². The number of para-hydroxylation sites is 1. The number of ether oxygens (including phenoxy) is 1. The summed E-state index contributed by atoms with van der Waals surface area (Å²) in [4.78, 5) is 15.3. The van der Waals surface area contributed by atoms with Crippen molar-refractivity contribution in [3.8, 4) is 22.7 Å². The quantitative estimate of drug-likeness (QED) is 0.181. The summed E-state index contributed by atoms with van der Waals surface area (Å²) < 4.78 is 32.3. The maximum atomic E-state index is 13.4. The molecule has 3 aromatic carbocycles. The predicted molar refractivity (Wildman–Crippen MR) is 167 cm³/mol. The van der Waals surface area contributed by atoms with E-state index in [0.717, 1.165) is 22.4 Å². The molecular formula is C30H24ClN3O4S3. The lowest BCUT2D eigenvalue weighted by Gasteiger charge is -2.20. The average molecular weight is 622 g/mol. The molecule has 3 heterocycles. The minimum Gasteiger partial charge on any atom is -0.489 e. The molecular weight excluding hydrogens is 598 g/mol. The number of rotatable bonds is 7. The van der Waals surface area contributed by atoms with Crippen LogP contribution < -0.4 is 4.74 Å². The molecule has 0 N–H and O–H groups in total. The number of sulfone groups is 1. The van der Waals surface area contributed by atoms with Crippen LogP contribution in [0.25, 0.3) is 23.0 Å². The molecule has 2 fully saturated rings. The Balaban J connectivity index is 1.34. The van der Waals surface area contributed by atoms with E-state index in [1.807, 2.05) is 85.1 Å². The lowest BCUT2D eigenvalue weighted by atomic mass is 10.1. The van der Waals surface area contributed by atoms with Gasteiger partial charge in [0.1, 0.15) is 22.4 Å². The smallest absolute Gasteiger partial charge is 0.266 e. The van der Waals surface area contributed by atoms with E-state index in [-0.39, 0.29) is 17.4 Å². The van der Waals surface area contributed by atoms with Crippen LogP contribution in [0.2, 0.25) is 5.02 Å². The summed E-state index contributed by atoms with van der Waals surface area (Å²) in [5.41, 5.74) is 3.93. The van der Waals surface area contributed by atoms with Gasteiger partial charge in [-0.3, -0.25) is 9.69 Å². The average Bonchev–Trinajstić information content (AvgIpc) is 3.63. The Labute approximate surface area is 252 Å². The molecule has 208 valence electrons. The fourth-order valence-corrected chi connectivity index (χ4v) is 8.14. The lowest BCUT2D eigenvalue weighted by Crippen LogP contribution is -2.39. The molecule has 0 saturated carbocycles. The highest BCUT2D eigenvalue weighted by atomic mass is 35.5. The number of benzene rings is 3. The van der Waals surface area contributed by atoms with Crippen molar-refractivity contribution >= 4 is 61.7 Å². The first-order valence-electron chi connectivity index (χ1n) is 12.9. The summed E-state index contributed by atoms with van der Waals surface area (Å²) in [5.74, 6) is 0.371. The number of nitrogens with zero attached hydrogens (tertiary/aromatic N) is 3. The monoisotopic (exact) mass is 621 g/mol. The maximum absolute atomic E-state index is 13.4. The molecule has 4 aromatic rings. The van der Waals surface area contributed by atoms with Gasteiger partial charge in [-0.1, -0.05) is 84.1 Å². The Kier molecular flexibility index (Phi) is 7.74. The fourth-order valence-electron chi connectivity index (χ4n) is 4.85. The highest BCUT2D eigenvalue weighted by Crippen LogP contribution is 2.38. The topological polar surface area (TPSA) is 81.5 Å². The Morgan fingerprint density at radius 3 is 2.61 bits per heavy atom. The molecule has 0 radical (unpaired) electrons. The zero-order valence-electron chi connectivity index (χ0n) is 21.6. The van der Waals surface area contributed by atoms with Crippen LogP contribution in [-0.2, 0) is 21.2 Å². The number of halogens is 1. The predicted octanol–water partition coefficient (Wildman–Crippen LogP) is 6.16. The van der Waals surface area contributed by atoms with Crippen molar-refractivity contribution in [2.24, 2.45) is 0 Å². The van der Waals surface area contributed by atoms with Gasteiger partial charge in [-0.05, 0) is 42.8 Å². The number of thiocarbonyl (C=S) groups is 1. The van der Waals surface area contributed by atoms with Gasteiger partial charge in [-0.2, -0.15) is 5.10 Å². The minimum atomic E-state index is -3.17. The number of hydrogen-bond donors (Lipinski definition) is 0. The summed E-state index contributed by atoms with van der Waals surface area (Å²) in [6, 6.07) is 24.4. The van der Waals surface area contributed by atoms with Gasteiger partial charge in [0.15, 0.2) is 9.84 Å². The van der Waals surface area contributed by atoms with E-state index in [2.05, 4.69) is 0 Å². The van der Waals surface area contributed by atoms with E-state index in [1.54, 1.807) is 10.8 Å². The van der Waals surface area contributed by atoms with Crippen molar-refractivity contribution in [2.75, 3.05) is 11.5 Å². The summed E-state index contributed by atoms with van der Waals surface area (Å²) in [5, 5.41) is 5.51. The third-order valence-electron chi connectivity index (χ3n) is 6.91. The molecule has 1 amide bonds. The Morgan fingerprint density at radius 1 is 1.07 bits per heavy atom. The number of aromatic nitrogens is 2. The number of carbonyl (C=O) groups is 1. The second kappa shape index (κ2) is 11.4. The molecule has 0 spiro atoms. The molecule has 7 nitrogen and oxygen atoms in total. The zero-order chi connectivity index (χ0) is 28.6. The van der Waals surface area contributed by atoms with E-state index in [1.165, 1.54) is 16.7 Å². The van der Waals surface area contributed by atoms with Crippen LogP contribution in [0.4, 0.5) is 0 Å². The second-order valence-corrected chi connectivity index (χ2v) is 14.0. The molecule has 41 heavy (non-hydrogen) atoms. The van der Waals surface area contributed by atoms with Crippen LogP contribution in [0.15, 0.2) is 90.0 Å². The fraction of sp³-hybridized carbons (Fsp3) is 0.167. The Morgan fingerprint density at radius 2 is 1.85 bits per heavy atom. The van der Waals surface area contributed by atoms with E-state index in [9.17, 15) is 13.2 Å². The molecule has 2 aliphatic rings. The van der Waals surface area contributed by atoms with Crippen LogP contribution in [0.3, 0.4) is 0 Å². The van der Waals surface area contributed by atoms with Crippen LogP contribution in [-0.4, -0.2) is 50.9 Å². The van der Waals surface area contributed by atoms with Crippen molar-refractivity contribution in [3.05, 3.63) is 106 Å². The standard InChI is InChI=1S/C30H24ClN3O4S3/c31-26-12-5-4-7-21(26)18-38-25-11-6-8-20(15-25)28-22(17-33(32-28)23-9-2-1-3-10-23)16-27-29(35)34(30(39)40-27)24-13-14-41(36,37)19-24/h1-12,15-17,24H,13-14,18-19H2/b27-16-. The second-order valence-electron chi connectivity index (χ2n) is 9.73. The third kappa shape index (κ3) is 5.97. The Bertz CT molecular complexity index is 1790. The van der Waals surface area contributed by atoms with E-state index in [0.29, 0.717) is 38.7 Å². The first-order chi connectivity index (χ1) is 19.8. The molecule has 2 aliphatic heterocycles. The maximum Gasteiger partial charge on any atom is 0.266 e. The summed E-state index contributed by atoms with van der Waals surface area (Å²) in [7, 11) is -3.17. The summed E-state index contributed by atoms with van der Waals surface area (Å²) in [6.45, 7) is 0.313. The number of amides is 1. The van der Waals surface area contributed by atoms with E-state index in [4.69, 9.17) is 33.7 Å². The van der Waals surface area contributed by atoms with E-state index >= 15 is 0 Å². The molecule has 1 unspecified atom stereocenters.